The molecule has 0 atom stereocenters. The van der Waals surface area contributed by atoms with Gasteiger partial charge in [0.25, 0.3) is 0 Å². The van der Waals surface area contributed by atoms with Gasteiger partial charge in [-0.1, -0.05) is 0 Å². The molecule has 3 N–H and O–H groups in total. The van der Waals surface area contributed by atoms with Crippen molar-refractivity contribution < 1.29 is 9.84 Å². The van der Waals surface area contributed by atoms with Crippen molar-refractivity contribution in [2.75, 3.05) is 53.0 Å². The smallest absolute Gasteiger partial charge is 0.191 e. The van der Waals surface area contributed by atoms with Crippen molar-refractivity contribution in [3.63, 3.8) is 0 Å². The average Bonchev–Trinajstić information content (AvgIpc) is 2.44. The predicted molar refractivity (Wildman–Crippen MR) is 77.5 cm³/mol. The van der Waals surface area contributed by atoms with E-state index in [4.69, 9.17) is 9.84 Å². The second-order valence-corrected chi connectivity index (χ2v) is 4.74. The summed E-state index contributed by atoms with van der Waals surface area (Å²) in [6.45, 7) is 7.43. The highest BCUT2D eigenvalue weighted by molar-refractivity contribution is 5.80. The number of guanidine groups is 1. The van der Waals surface area contributed by atoms with Crippen LogP contribution in [0.3, 0.4) is 0 Å². The first-order chi connectivity index (χ1) is 9.30. The number of nitrogens with zero attached hydrogens (tertiary/aromatic N) is 2. The van der Waals surface area contributed by atoms with Gasteiger partial charge in [0, 0.05) is 39.3 Å². The summed E-state index contributed by atoms with van der Waals surface area (Å²) in [6, 6.07) is 0.468. The van der Waals surface area contributed by atoms with E-state index in [0.717, 1.165) is 51.6 Å². The van der Waals surface area contributed by atoms with Crippen LogP contribution < -0.4 is 10.6 Å². The topological polar surface area (TPSA) is 69.1 Å². The van der Waals surface area contributed by atoms with Crippen molar-refractivity contribution in [1.29, 1.82) is 0 Å². The number of piperidine rings is 1. The van der Waals surface area contributed by atoms with Crippen molar-refractivity contribution >= 4 is 5.96 Å². The fourth-order valence-corrected chi connectivity index (χ4v) is 2.20. The zero-order valence-corrected chi connectivity index (χ0v) is 12.2. The molecule has 0 amide bonds. The Morgan fingerprint density at radius 1 is 1.42 bits per heavy atom. The summed E-state index contributed by atoms with van der Waals surface area (Å²) in [5.74, 6) is 0.812. The molecule has 0 saturated carbocycles. The quantitative estimate of drug-likeness (QED) is 0.436. The Hall–Kier alpha value is -0.850. The summed E-state index contributed by atoms with van der Waals surface area (Å²) in [6.07, 6.45) is 2.24. The Labute approximate surface area is 116 Å². The number of aliphatic hydroxyl groups excluding tert-OH is 1. The molecule has 1 heterocycles. The van der Waals surface area contributed by atoms with Gasteiger partial charge in [-0.2, -0.15) is 0 Å². The highest BCUT2D eigenvalue weighted by Crippen LogP contribution is 2.09. The third-order valence-electron chi connectivity index (χ3n) is 3.25. The molecule has 6 nitrogen and oxygen atoms in total. The monoisotopic (exact) mass is 272 g/mol. The Balaban J connectivity index is 2.29. The molecular weight excluding hydrogens is 244 g/mol. The normalized spacial score (nSPS) is 18.6. The first kappa shape index (κ1) is 16.2. The fourth-order valence-electron chi connectivity index (χ4n) is 2.20. The van der Waals surface area contributed by atoms with E-state index in [1.807, 2.05) is 6.92 Å². The molecule has 0 aromatic carbocycles. The van der Waals surface area contributed by atoms with Crippen molar-refractivity contribution in [3.8, 4) is 0 Å². The fraction of sp³-hybridized carbons (Fsp3) is 0.923. The largest absolute Gasteiger partial charge is 0.394 e. The van der Waals surface area contributed by atoms with Crippen LogP contribution in [0.2, 0.25) is 0 Å². The highest BCUT2D eigenvalue weighted by atomic mass is 16.5. The molecule has 112 valence electrons. The average molecular weight is 272 g/mol. The molecule has 6 heteroatoms. The second kappa shape index (κ2) is 10.00. The van der Waals surface area contributed by atoms with Gasteiger partial charge in [-0.05, 0) is 19.8 Å². The Morgan fingerprint density at radius 2 is 2.16 bits per heavy atom. The van der Waals surface area contributed by atoms with E-state index in [1.54, 1.807) is 7.11 Å². The van der Waals surface area contributed by atoms with E-state index in [9.17, 15) is 0 Å². The number of methoxy groups -OCH3 is 1. The molecule has 1 aliphatic rings. The van der Waals surface area contributed by atoms with E-state index in [2.05, 4.69) is 20.5 Å². The number of hydrogen-bond acceptors (Lipinski definition) is 4. The molecule has 0 aliphatic carbocycles. The molecule has 0 aromatic heterocycles. The van der Waals surface area contributed by atoms with Gasteiger partial charge in [0.15, 0.2) is 5.96 Å². The van der Waals surface area contributed by atoms with Gasteiger partial charge in [-0.3, -0.25) is 4.99 Å². The van der Waals surface area contributed by atoms with Crippen molar-refractivity contribution in [2.45, 2.75) is 25.8 Å². The summed E-state index contributed by atoms with van der Waals surface area (Å²) < 4.78 is 5.10. The summed E-state index contributed by atoms with van der Waals surface area (Å²) in [7, 11) is 1.74. The second-order valence-electron chi connectivity index (χ2n) is 4.74. The first-order valence-corrected chi connectivity index (χ1v) is 7.17. The van der Waals surface area contributed by atoms with E-state index < -0.39 is 0 Å². The van der Waals surface area contributed by atoms with Crippen molar-refractivity contribution in [3.05, 3.63) is 0 Å². The molecule has 0 radical (unpaired) electrons. The summed E-state index contributed by atoms with van der Waals surface area (Å²) in [5, 5.41) is 15.5. The molecule has 19 heavy (non-hydrogen) atoms. The van der Waals surface area contributed by atoms with Crippen molar-refractivity contribution in [1.82, 2.24) is 15.5 Å². The van der Waals surface area contributed by atoms with Crippen LogP contribution in [0.1, 0.15) is 19.8 Å². The number of rotatable bonds is 7. The lowest BCUT2D eigenvalue weighted by molar-refractivity contribution is 0.128. The first-order valence-electron chi connectivity index (χ1n) is 7.17. The third-order valence-corrected chi connectivity index (χ3v) is 3.25. The molecule has 1 rings (SSSR count). The van der Waals surface area contributed by atoms with Gasteiger partial charge >= 0.3 is 0 Å². The van der Waals surface area contributed by atoms with Gasteiger partial charge in [0.2, 0.25) is 0 Å². The molecule has 0 spiro atoms. The van der Waals surface area contributed by atoms with E-state index in [1.165, 1.54) is 0 Å². The minimum absolute atomic E-state index is 0.0893. The van der Waals surface area contributed by atoms with Gasteiger partial charge < -0.3 is 25.4 Å². The summed E-state index contributed by atoms with van der Waals surface area (Å²) in [4.78, 5) is 6.74. The minimum atomic E-state index is 0.0893. The number of aliphatic hydroxyl groups is 1. The Bertz CT molecular complexity index is 253. The van der Waals surface area contributed by atoms with Crippen LogP contribution in [0.15, 0.2) is 4.99 Å². The highest BCUT2D eigenvalue weighted by Gasteiger charge is 2.19. The van der Waals surface area contributed by atoms with Crippen LogP contribution >= 0.6 is 0 Å². The number of likely N-dealkylation sites (tertiary alicyclic amines) is 1. The maximum atomic E-state index is 8.83. The summed E-state index contributed by atoms with van der Waals surface area (Å²) >= 11 is 0. The van der Waals surface area contributed by atoms with Gasteiger partial charge in [-0.15, -0.1) is 0 Å². The van der Waals surface area contributed by atoms with Gasteiger partial charge in [0.05, 0.1) is 19.8 Å². The molecule has 0 unspecified atom stereocenters. The van der Waals surface area contributed by atoms with Crippen LogP contribution in [0.25, 0.3) is 0 Å². The van der Waals surface area contributed by atoms with Crippen LogP contribution in [-0.4, -0.2) is 75.1 Å². The lowest BCUT2D eigenvalue weighted by atomic mass is 10.1. The number of nitrogens with one attached hydrogen (secondary N) is 2. The number of hydrogen-bond donors (Lipinski definition) is 3. The lowest BCUT2D eigenvalue weighted by Crippen LogP contribution is -2.49. The number of ether oxygens (including phenoxy) is 1. The standard InChI is InChI=1S/C13H28N4O2/c1-3-14-13(15-6-10-18)16-12-4-7-17(8-5-12)9-11-19-2/h12,18H,3-11H2,1-2H3,(H2,14,15,16). The predicted octanol–water partition coefficient (Wildman–Crippen LogP) is -0.355. The Kier molecular flexibility index (Phi) is 8.53. The SMILES string of the molecule is CCNC(=NCCO)NC1CCN(CCOC)CC1. The third kappa shape index (κ3) is 6.75. The summed E-state index contributed by atoms with van der Waals surface area (Å²) in [5.41, 5.74) is 0. The molecule has 1 saturated heterocycles. The zero-order chi connectivity index (χ0) is 13.9. The van der Waals surface area contributed by atoms with Crippen molar-refractivity contribution in [2.24, 2.45) is 4.99 Å². The van der Waals surface area contributed by atoms with Crippen LogP contribution in [0, 0.1) is 0 Å². The maximum Gasteiger partial charge on any atom is 0.191 e. The van der Waals surface area contributed by atoms with Crippen LogP contribution in [0.5, 0.6) is 0 Å². The number of aliphatic imine (C=N–C) groups is 1. The van der Waals surface area contributed by atoms with E-state index >= 15 is 0 Å². The lowest BCUT2D eigenvalue weighted by Gasteiger charge is -2.32. The van der Waals surface area contributed by atoms with E-state index in [0.29, 0.717) is 12.6 Å². The Morgan fingerprint density at radius 3 is 2.74 bits per heavy atom. The molecular formula is C13H28N4O2. The minimum Gasteiger partial charge on any atom is -0.394 e. The molecule has 1 fully saturated rings. The maximum absolute atomic E-state index is 8.83. The molecule has 1 aliphatic heterocycles. The van der Waals surface area contributed by atoms with Crippen LogP contribution in [-0.2, 0) is 4.74 Å². The van der Waals surface area contributed by atoms with Gasteiger partial charge in [0.1, 0.15) is 0 Å². The molecule has 0 bridgehead atoms. The zero-order valence-electron chi connectivity index (χ0n) is 12.2. The molecule has 0 aromatic rings. The van der Waals surface area contributed by atoms with Crippen LogP contribution in [0.4, 0.5) is 0 Å². The van der Waals surface area contributed by atoms with E-state index in [-0.39, 0.29) is 6.61 Å². The van der Waals surface area contributed by atoms with Gasteiger partial charge in [-0.25, -0.2) is 0 Å².